The zero-order valence-electron chi connectivity index (χ0n) is 11.5. The number of nitrogens with zero attached hydrogens (tertiary/aromatic N) is 2. The minimum atomic E-state index is -0.533. The molecule has 0 aromatic rings. The van der Waals surface area contributed by atoms with E-state index in [1.807, 2.05) is 20.8 Å². The number of rotatable bonds is 3. The number of hydrogen-bond acceptors (Lipinski definition) is 2. The van der Waals surface area contributed by atoms with Gasteiger partial charge in [-0.1, -0.05) is 34.6 Å². The van der Waals surface area contributed by atoms with E-state index in [1.165, 1.54) is 0 Å². The van der Waals surface area contributed by atoms with Crippen LogP contribution in [-0.4, -0.2) is 23.9 Å². The van der Waals surface area contributed by atoms with Gasteiger partial charge < -0.3 is 4.90 Å². The lowest BCUT2D eigenvalue weighted by molar-refractivity contribution is -0.137. The minimum Gasteiger partial charge on any atom is -0.341 e. The molecule has 0 saturated carbocycles. The van der Waals surface area contributed by atoms with E-state index >= 15 is 0 Å². The molecule has 16 heavy (non-hydrogen) atoms. The van der Waals surface area contributed by atoms with E-state index in [0.29, 0.717) is 0 Å². The predicted molar refractivity (Wildman–Crippen MR) is 65.6 cm³/mol. The molecule has 3 nitrogen and oxygen atoms in total. The third kappa shape index (κ3) is 3.52. The minimum absolute atomic E-state index is 0.0292. The molecule has 0 aliphatic carbocycles. The van der Waals surface area contributed by atoms with Gasteiger partial charge in [-0.15, -0.1) is 0 Å². The fourth-order valence-electron chi connectivity index (χ4n) is 1.48. The SMILES string of the molecule is CC(C)C(C#N)C(=O)N(C)C(C)C(C)(C)C. The molecule has 0 aliphatic heterocycles. The molecule has 0 spiro atoms. The van der Waals surface area contributed by atoms with Crippen molar-refractivity contribution in [1.29, 1.82) is 5.26 Å². The van der Waals surface area contributed by atoms with E-state index in [0.717, 1.165) is 0 Å². The van der Waals surface area contributed by atoms with E-state index in [2.05, 4.69) is 26.8 Å². The summed E-state index contributed by atoms with van der Waals surface area (Å²) < 4.78 is 0. The van der Waals surface area contributed by atoms with E-state index in [9.17, 15) is 4.79 Å². The molecule has 0 bridgehead atoms. The Kier molecular flexibility index (Phi) is 4.99. The number of hydrogen-bond donors (Lipinski definition) is 0. The highest BCUT2D eigenvalue weighted by atomic mass is 16.2. The Balaban J connectivity index is 4.81. The van der Waals surface area contributed by atoms with Crippen molar-refractivity contribution >= 4 is 5.91 Å². The standard InChI is InChI=1S/C13H24N2O/c1-9(2)11(8-14)12(16)15(7)10(3)13(4,5)6/h9-11H,1-7H3. The van der Waals surface area contributed by atoms with Crippen LogP contribution >= 0.6 is 0 Å². The van der Waals surface area contributed by atoms with Crippen LogP contribution in [0.3, 0.4) is 0 Å². The first-order valence-electron chi connectivity index (χ1n) is 5.79. The summed E-state index contributed by atoms with van der Waals surface area (Å²) in [5.74, 6) is -0.540. The van der Waals surface area contributed by atoms with Crippen molar-refractivity contribution in [2.45, 2.75) is 47.6 Å². The molecule has 0 heterocycles. The van der Waals surface area contributed by atoms with Crippen molar-refractivity contribution in [1.82, 2.24) is 4.90 Å². The van der Waals surface area contributed by atoms with Crippen LogP contribution in [-0.2, 0) is 4.79 Å². The number of amides is 1. The topological polar surface area (TPSA) is 44.1 Å². The van der Waals surface area contributed by atoms with Crippen LogP contribution in [0.1, 0.15) is 41.5 Å². The lowest BCUT2D eigenvalue weighted by atomic mass is 9.86. The molecule has 0 N–H and O–H groups in total. The van der Waals surface area contributed by atoms with Crippen LogP contribution < -0.4 is 0 Å². The Labute approximate surface area is 99.4 Å². The molecule has 0 fully saturated rings. The van der Waals surface area contributed by atoms with Gasteiger partial charge >= 0.3 is 0 Å². The van der Waals surface area contributed by atoms with Crippen molar-refractivity contribution < 1.29 is 4.79 Å². The van der Waals surface area contributed by atoms with Crippen molar-refractivity contribution in [3.8, 4) is 6.07 Å². The largest absolute Gasteiger partial charge is 0.341 e. The quantitative estimate of drug-likeness (QED) is 0.739. The van der Waals surface area contributed by atoms with Gasteiger partial charge in [0.25, 0.3) is 0 Å². The Morgan fingerprint density at radius 3 is 1.94 bits per heavy atom. The lowest BCUT2D eigenvalue weighted by Crippen LogP contribution is -2.46. The second-order valence-corrected chi connectivity index (χ2v) is 5.84. The smallest absolute Gasteiger partial charge is 0.240 e. The molecule has 92 valence electrons. The highest BCUT2D eigenvalue weighted by Gasteiger charge is 2.32. The first kappa shape index (κ1) is 15.0. The summed E-state index contributed by atoms with van der Waals surface area (Å²) in [5.41, 5.74) is 0.0292. The lowest BCUT2D eigenvalue weighted by Gasteiger charge is -2.36. The summed E-state index contributed by atoms with van der Waals surface area (Å²) in [6, 6.07) is 2.22. The molecule has 0 aliphatic rings. The van der Waals surface area contributed by atoms with Crippen LogP contribution in [0.5, 0.6) is 0 Å². The van der Waals surface area contributed by atoms with E-state index in [1.54, 1.807) is 11.9 Å². The monoisotopic (exact) mass is 224 g/mol. The van der Waals surface area contributed by atoms with E-state index in [4.69, 9.17) is 5.26 Å². The molecular weight excluding hydrogens is 200 g/mol. The van der Waals surface area contributed by atoms with Crippen molar-refractivity contribution in [3.05, 3.63) is 0 Å². The zero-order valence-corrected chi connectivity index (χ0v) is 11.5. The third-order valence-corrected chi connectivity index (χ3v) is 3.25. The summed E-state index contributed by atoms with van der Waals surface area (Å²) in [6.07, 6.45) is 0. The maximum Gasteiger partial charge on any atom is 0.240 e. The molecule has 2 unspecified atom stereocenters. The van der Waals surface area contributed by atoms with Crippen LogP contribution in [0.2, 0.25) is 0 Å². The summed E-state index contributed by atoms with van der Waals surface area (Å²) in [5, 5.41) is 9.00. The van der Waals surface area contributed by atoms with Gasteiger partial charge in [-0.2, -0.15) is 5.26 Å². The van der Waals surface area contributed by atoms with Crippen LogP contribution in [0.4, 0.5) is 0 Å². The molecule has 2 atom stereocenters. The maximum atomic E-state index is 12.1. The van der Waals surface area contributed by atoms with Gasteiger partial charge in [0.2, 0.25) is 5.91 Å². The highest BCUT2D eigenvalue weighted by molar-refractivity contribution is 5.81. The van der Waals surface area contributed by atoms with Crippen LogP contribution in [0, 0.1) is 28.6 Å². The van der Waals surface area contributed by atoms with Gasteiger partial charge in [0, 0.05) is 13.1 Å². The number of carbonyl (C=O) groups excluding carboxylic acids is 1. The molecule has 3 heteroatoms. The van der Waals surface area contributed by atoms with Crippen LogP contribution in [0.15, 0.2) is 0 Å². The van der Waals surface area contributed by atoms with E-state index in [-0.39, 0.29) is 23.3 Å². The van der Waals surface area contributed by atoms with Crippen LogP contribution in [0.25, 0.3) is 0 Å². The highest BCUT2D eigenvalue weighted by Crippen LogP contribution is 2.25. The van der Waals surface area contributed by atoms with Gasteiger partial charge in [-0.25, -0.2) is 0 Å². The Morgan fingerprint density at radius 2 is 1.69 bits per heavy atom. The van der Waals surface area contributed by atoms with E-state index < -0.39 is 5.92 Å². The fourth-order valence-corrected chi connectivity index (χ4v) is 1.48. The zero-order chi connectivity index (χ0) is 13.1. The summed E-state index contributed by atoms with van der Waals surface area (Å²) in [6.45, 7) is 12.1. The third-order valence-electron chi connectivity index (χ3n) is 3.25. The molecular formula is C13H24N2O. The van der Waals surface area contributed by atoms with Crippen molar-refractivity contribution in [2.24, 2.45) is 17.3 Å². The van der Waals surface area contributed by atoms with Crippen molar-refractivity contribution in [2.75, 3.05) is 7.05 Å². The molecule has 0 aromatic carbocycles. The van der Waals surface area contributed by atoms with Gasteiger partial charge in [0.1, 0.15) is 5.92 Å². The van der Waals surface area contributed by atoms with Gasteiger partial charge in [-0.3, -0.25) is 4.79 Å². The second-order valence-electron chi connectivity index (χ2n) is 5.84. The number of carbonyl (C=O) groups is 1. The summed E-state index contributed by atoms with van der Waals surface area (Å²) >= 11 is 0. The average Bonchev–Trinajstić information content (AvgIpc) is 2.14. The Morgan fingerprint density at radius 1 is 1.25 bits per heavy atom. The average molecular weight is 224 g/mol. The second kappa shape index (κ2) is 5.34. The summed E-state index contributed by atoms with van der Waals surface area (Å²) in [4.78, 5) is 13.8. The molecule has 1 amide bonds. The fraction of sp³-hybridized carbons (Fsp3) is 0.846. The maximum absolute atomic E-state index is 12.1. The first-order valence-corrected chi connectivity index (χ1v) is 5.79. The molecule has 0 radical (unpaired) electrons. The molecule has 0 rings (SSSR count). The normalized spacial score (nSPS) is 15.4. The predicted octanol–water partition coefficient (Wildman–Crippen LogP) is 2.68. The number of nitriles is 1. The molecule has 0 saturated heterocycles. The Bertz CT molecular complexity index is 283. The van der Waals surface area contributed by atoms with Gasteiger partial charge in [0.15, 0.2) is 0 Å². The first-order chi connectivity index (χ1) is 7.12. The molecule has 0 aromatic heterocycles. The van der Waals surface area contributed by atoms with Crippen molar-refractivity contribution in [3.63, 3.8) is 0 Å². The van der Waals surface area contributed by atoms with Gasteiger partial charge in [-0.05, 0) is 18.3 Å². The Hall–Kier alpha value is -1.04. The summed E-state index contributed by atoms with van der Waals surface area (Å²) in [7, 11) is 1.78. The van der Waals surface area contributed by atoms with Gasteiger partial charge in [0.05, 0.1) is 6.07 Å².